The van der Waals surface area contributed by atoms with Crippen molar-refractivity contribution >= 4 is 0 Å². The molecule has 0 amide bonds. The average molecular weight is 207 g/mol. The number of hydrogen-bond donors (Lipinski definition) is 0. The van der Waals surface area contributed by atoms with Gasteiger partial charge in [0.2, 0.25) is 0 Å². The Morgan fingerprint density at radius 3 is 2.20 bits per heavy atom. The number of nitrogens with zero attached hydrogens (tertiary/aromatic N) is 1. The summed E-state index contributed by atoms with van der Waals surface area (Å²) >= 11 is 0. The van der Waals surface area contributed by atoms with Crippen LogP contribution >= 0.6 is 0 Å². The standard InChI is InChI=1S/C12H19N.C2H6/c1-6-9-10-12(8-3)13(5)11(4)7-2;1-2/h7-10H,2,4,6H2,1,3,5H3;1-2H3/b10-9+,12-8-;. The molecule has 0 aliphatic carbocycles. The third kappa shape index (κ3) is 6.78. The third-order valence-corrected chi connectivity index (χ3v) is 1.87. The molecule has 0 aromatic heterocycles. The Hall–Kier alpha value is -1.24. The van der Waals surface area contributed by atoms with E-state index >= 15 is 0 Å². The van der Waals surface area contributed by atoms with E-state index in [1.807, 2.05) is 32.7 Å². The van der Waals surface area contributed by atoms with E-state index < -0.39 is 0 Å². The predicted molar refractivity (Wildman–Crippen MR) is 71.6 cm³/mol. The topological polar surface area (TPSA) is 3.24 Å². The Labute approximate surface area is 95.5 Å². The molecule has 0 bridgehead atoms. The van der Waals surface area contributed by atoms with E-state index in [2.05, 4.69) is 38.3 Å². The van der Waals surface area contributed by atoms with E-state index in [0.29, 0.717) is 0 Å². The van der Waals surface area contributed by atoms with Gasteiger partial charge in [0.05, 0.1) is 0 Å². The van der Waals surface area contributed by atoms with Gasteiger partial charge in [-0.2, -0.15) is 0 Å². The lowest BCUT2D eigenvalue weighted by molar-refractivity contribution is 0.555. The molecule has 1 heteroatoms. The second-order valence-electron chi connectivity index (χ2n) is 2.78. The highest BCUT2D eigenvalue weighted by atomic mass is 15.1. The van der Waals surface area contributed by atoms with Crippen LogP contribution < -0.4 is 0 Å². The van der Waals surface area contributed by atoms with Gasteiger partial charge in [-0.3, -0.25) is 0 Å². The lowest BCUT2D eigenvalue weighted by Crippen LogP contribution is -2.13. The van der Waals surface area contributed by atoms with Crippen LogP contribution in [0, 0.1) is 0 Å². The minimum Gasteiger partial charge on any atom is -0.345 e. The van der Waals surface area contributed by atoms with Crippen LogP contribution in [0.2, 0.25) is 0 Å². The molecule has 0 rings (SSSR count). The smallest absolute Gasteiger partial charge is 0.0361 e. The number of rotatable bonds is 5. The first kappa shape index (κ1) is 16.2. The first-order valence-electron chi connectivity index (χ1n) is 5.55. The van der Waals surface area contributed by atoms with Crippen LogP contribution in [0.4, 0.5) is 0 Å². The maximum Gasteiger partial charge on any atom is 0.0361 e. The number of likely N-dealkylation sites (N-methyl/N-ethyl adjacent to an activating group) is 1. The van der Waals surface area contributed by atoms with Crippen LogP contribution in [0.15, 0.2) is 48.9 Å². The zero-order valence-corrected chi connectivity index (χ0v) is 10.9. The fraction of sp³-hybridized carbons (Fsp3) is 0.429. The van der Waals surface area contributed by atoms with Gasteiger partial charge in [0, 0.05) is 18.4 Å². The third-order valence-electron chi connectivity index (χ3n) is 1.87. The molecule has 0 radical (unpaired) electrons. The van der Waals surface area contributed by atoms with E-state index in [4.69, 9.17) is 0 Å². The second kappa shape index (κ2) is 10.8. The summed E-state index contributed by atoms with van der Waals surface area (Å²) in [4.78, 5) is 2.01. The van der Waals surface area contributed by atoms with Crippen molar-refractivity contribution in [2.45, 2.75) is 34.1 Å². The van der Waals surface area contributed by atoms with Crippen LogP contribution in [0.5, 0.6) is 0 Å². The highest BCUT2D eigenvalue weighted by molar-refractivity contribution is 5.24. The van der Waals surface area contributed by atoms with Gasteiger partial charge in [-0.1, -0.05) is 46.1 Å². The van der Waals surface area contributed by atoms with Gasteiger partial charge in [0.1, 0.15) is 0 Å². The fourth-order valence-electron chi connectivity index (χ4n) is 0.943. The van der Waals surface area contributed by atoms with Gasteiger partial charge >= 0.3 is 0 Å². The first-order chi connectivity index (χ1) is 7.17. The van der Waals surface area contributed by atoms with Gasteiger partial charge in [-0.15, -0.1) is 0 Å². The Balaban J connectivity index is 0. The second-order valence-corrected chi connectivity index (χ2v) is 2.78. The molecule has 0 heterocycles. The lowest BCUT2D eigenvalue weighted by atomic mass is 10.3. The zero-order valence-electron chi connectivity index (χ0n) is 10.9. The molecular formula is C14H25N. The van der Waals surface area contributed by atoms with E-state index in [1.165, 1.54) is 0 Å². The van der Waals surface area contributed by atoms with Gasteiger partial charge in [0.25, 0.3) is 0 Å². The highest BCUT2D eigenvalue weighted by Gasteiger charge is 1.99. The molecule has 0 N–H and O–H groups in total. The molecule has 0 atom stereocenters. The molecule has 0 aromatic carbocycles. The Morgan fingerprint density at radius 2 is 1.87 bits per heavy atom. The first-order valence-corrected chi connectivity index (χ1v) is 5.55. The number of allylic oxidation sites excluding steroid dienone is 4. The van der Waals surface area contributed by atoms with E-state index in [9.17, 15) is 0 Å². The summed E-state index contributed by atoms with van der Waals surface area (Å²) in [6, 6.07) is 0. The maximum absolute atomic E-state index is 3.88. The largest absolute Gasteiger partial charge is 0.345 e. The average Bonchev–Trinajstić information content (AvgIpc) is 2.31. The molecule has 86 valence electrons. The van der Waals surface area contributed by atoms with Gasteiger partial charge in [0.15, 0.2) is 0 Å². The van der Waals surface area contributed by atoms with Crippen LogP contribution in [0.1, 0.15) is 34.1 Å². The SMILES string of the molecule is C=CC(=C)N(C)C(=C\C)/C=C/CC.CC. The summed E-state index contributed by atoms with van der Waals surface area (Å²) in [5.41, 5.74) is 2.06. The minimum absolute atomic E-state index is 0.911. The molecular weight excluding hydrogens is 182 g/mol. The van der Waals surface area contributed by atoms with Crippen LogP contribution in [0.25, 0.3) is 0 Å². The van der Waals surface area contributed by atoms with E-state index in [1.54, 1.807) is 6.08 Å². The van der Waals surface area contributed by atoms with Gasteiger partial charge < -0.3 is 4.90 Å². The molecule has 0 saturated heterocycles. The predicted octanol–water partition coefficient (Wildman–Crippen LogP) is 4.51. The summed E-state index contributed by atoms with van der Waals surface area (Å²) in [6.45, 7) is 15.7. The van der Waals surface area contributed by atoms with Crippen molar-refractivity contribution in [3.63, 3.8) is 0 Å². The van der Waals surface area contributed by atoms with Crippen LogP contribution in [0.3, 0.4) is 0 Å². The molecule has 15 heavy (non-hydrogen) atoms. The zero-order chi connectivity index (χ0) is 12.3. The summed E-state index contributed by atoms with van der Waals surface area (Å²) in [6.07, 6.45) is 9.08. The number of hydrogen-bond acceptors (Lipinski definition) is 1. The van der Waals surface area contributed by atoms with Crippen molar-refractivity contribution in [3.8, 4) is 0 Å². The molecule has 0 spiro atoms. The fourth-order valence-corrected chi connectivity index (χ4v) is 0.943. The van der Waals surface area contributed by atoms with Crippen molar-refractivity contribution in [1.82, 2.24) is 4.90 Å². The highest BCUT2D eigenvalue weighted by Crippen LogP contribution is 2.10. The minimum atomic E-state index is 0.911. The quantitative estimate of drug-likeness (QED) is 0.599. The van der Waals surface area contributed by atoms with E-state index in [0.717, 1.165) is 17.8 Å². The molecule has 0 aliphatic heterocycles. The van der Waals surface area contributed by atoms with E-state index in [-0.39, 0.29) is 0 Å². The van der Waals surface area contributed by atoms with Crippen LogP contribution in [-0.2, 0) is 0 Å². The van der Waals surface area contributed by atoms with Crippen molar-refractivity contribution < 1.29 is 0 Å². The Morgan fingerprint density at radius 1 is 1.33 bits per heavy atom. The molecule has 0 aliphatic rings. The Kier molecular flexibility index (Phi) is 11.7. The Bertz CT molecular complexity index is 234. The molecule has 0 aromatic rings. The van der Waals surface area contributed by atoms with Crippen LogP contribution in [-0.4, -0.2) is 11.9 Å². The van der Waals surface area contributed by atoms with Crippen molar-refractivity contribution in [2.24, 2.45) is 0 Å². The summed E-state index contributed by atoms with van der Waals surface area (Å²) in [5, 5.41) is 0. The van der Waals surface area contributed by atoms with Crippen molar-refractivity contribution in [1.29, 1.82) is 0 Å². The maximum atomic E-state index is 3.88. The van der Waals surface area contributed by atoms with Gasteiger partial charge in [-0.25, -0.2) is 0 Å². The summed E-state index contributed by atoms with van der Waals surface area (Å²) in [5.74, 6) is 0. The van der Waals surface area contributed by atoms with Crippen molar-refractivity contribution in [2.75, 3.05) is 7.05 Å². The van der Waals surface area contributed by atoms with Gasteiger partial charge in [-0.05, 0) is 25.5 Å². The summed E-state index contributed by atoms with van der Waals surface area (Å²) < 4.78 is 0. The van der Waals surface area contributed by atoms with Crippen molar-refractivity contribution in [3.05, 3.63) is 48.9 Å². The molecule has 1 nitrogen and oxygen atoms in total. The lowest BCUT2D eigenvalue weighted by Gasteiger charge is -2.20. The molecule has 0 saturated carbocycles. The molecule has 0 fully saturated rings. The summed E-state index contributed by atoms with van der Waals surface area (Å²) in [7, 11) is 1.99. The normalized spacial score (nSPS) is 10.6. The molecule has 0 unspecified atom stereocenters. The monoisotopic (exact) mass is 207 g/mol.